The Morgan fingerprint density at radius 2 is 1.94 bits per heavy atom. The average molecular weight is 221 g/mol. The Bertz CT molecular complexity index is 385. The molecule has 0 saturated carbocycles. The molecule has 1 unspecified atom stereocenters. The van der Waals surface area contributed by atoms with Gasteiger partial charge in [0.2, 0.25) is 0 Å². The van der Waals surface area contributed by atoms with Crippen LogP contribution in [0.25, 0.3) is 0 Å². The number of carbonyl (C=O) groups is 1. The largest absolute Gasteiger partial charge is 0.468 e. The van der Waals surface area contributed by atoms with Crippen LogP contribution in [0.2, 0.25) is 0 Å². The summed E-state index contributed by atoms with van der Waals surface area (Å²) in [7, 11) is 1.36. The van der Waals surface area contributed by atoms with E-state index >= 15 is 0 Å². The van der Waals surface area contributed by atoms with Crippen molar-refractivity contribution in [3.63, 3.8) is 0 Å². The lowest BCUT2D eigenvalue weighted by Gasteiger charge is -2.31. The maximum absolute atomic E-state index is 11.5. The van der Waals surface area contributed by atoms with E-state index in [0.717, 1.165) is 11.1 Å². The van der Waals surface area contributed by atoms with Gasteiger partial charge in [0.25, 0.3) is 0 Å². The third-order valence-electron chi connectivity index (χ3n) is 3.07. The molecule has 0 radical (unpaired) electrons. The molecule has 1 aromatic rings. The van der Waals surface area contributed by atoms with E-state index in [2.05, 4.69) is 0 Å². The second-order valence-electron chi connectivity index (χ2n) is 4.54. The van der Waals surface area contributed by atoms with Gasteiger partial charge in [-0.05, 0) is 18.1 Å². The van der Waals surface area contributed by atoms with Gasteiger partial charge in [-0.1, -0.05) is 38.1 Å². The van der Waals surface area contributed by atoms with E-state index in [1.165, 1.54) is 7.11 Å². The van der Waals surface area contributed by atoms with Crippen LogP contribution in [0.1, 0.15) is 25.0 Å². The molecular formula is C13H19NO2. The van der Waals surface area contributed by atoms with Crippen molar-refractivity contribution < 1.29 is 9.53 Å². The molecule has 0 aromatic heterocycles. The number of aryl methyl sites for hydroxylation is 1. The minimum atomic E-state index is -0.654. The first kappa shape index (κ1) is 12.7. The number of esters is 1. The highest BCUT2D eigenvalue weighted by Gasteiger charge is 2.35. The molecule has 1 aromatic carbocycles. The summed E-state index contributed by atoms with van der Waals surface area (Å²) in [5, 5.41) is 0. The van der Waals surface area contributed by atoms with Crippen molar-refractivity contribution in [2.45, 2.75) is 32.2 Å². The smallest absolute Gasteiger partial charge is 0.323 e. The Morgan fingerprint density at radius 3 is 2.44 bits per heavy atom. The maximum Gasteiger partial charge on any atom is 0.323 e. The van der Waals surface area contributed by atoms with E-state index < -0.39 is 11.5 Å². The van der Waals surface area contributed by atoms with Crippen molar-refractivity contribution in [3.05, 3.63) is 35.4 Å². The van der Waals surface area contributed by atoms with Crippen LogP contribution in [-0.4, -0.2) is 19.1 Å². The van der Waals surface area contributed by atoms with E-state index in [1.807, 2.05) is 45.0 Å². The standard InChI is InChI=1S/C13H19NO2/c1-9-7-5-6-8-10(9)13(2,3)11(14)12(15)16-4/h5-8,11H,14H2,1-4H3. The minimum absolute atomic E-state index is 0.381. The van der Waals surface area contributed by atoms with Crippen LogP contribution in [0.5, 0.6) is 0 Å². The highest BCUT2D eigenvalue weighted by atomic mass is 16.5. The van der Waals surface area contributed by atoms with Crippen LogP contribution in [0, 0.1) is 6.92 Å². The number of carbonyl (C=O) groups excluding carboxylic acids is 1. The number of methoxy groups -OCH3 is 1. The van der Waals surface area contributed by atoms with Gasteiger partial charge in [-0.25, -0.2) is 0 Å². The molecule has 88 valence electrons. The summed E-state index contributed by atoms with van der Waals surface area (Å²) in [6.45, 7) is 5.93. The van der Waals surface area contributed by atoms with E-state index in [4.69, 9.17) is 10.5 Å². The van der Waals surface area contributed by atoms with Gasteiger partial charge in [0, 0.05) is 5.41 Å². The zero-order valence-corrected chi connectivity index (χ0v) is 10.3. The topological polar surface area (TPSA) is 52.3 Å². The van der Waals surface area contributed by atoms with Crippen LogP contribution < -0.4 is 5.73 Å². The molecule has 0 spiro atoms. The lowest BCUT2D eigenvalue weighted by Crippen LogP contribution is -2.47. The van der Waals surface area contributed by atoms with Crippen molar-refractivity contribution in [1.82, 2.24) is 0 Å². The molecule has 0 bridgehead atoms. The van der Waals surface area contributed by atoms with E-state index in [9.17, 15) is 4.79 Å². The highest BCUT2D eigenvalue weighted by Crippen LogP contribution is 2.29. The van der Waals surface area contributed by atoms with E-state index in [0.29, 0.717) is 0 Å². The summed E-state index contributed by atoms with van der Waals surface area (Å²) in [6, 6.07) is 7.28. The fraction of sp³-hybridized carbons (Fsp3) is 0.462. The first-order valence-electron chi connectivity index (χ1n) is 5.30. The molecule has 1 atom stereocenters. The van der Waals surface area contributed by atoms with E-state index in [-0.39, 0.29) is 5.97 Å². The summed E-state index contributed by atoms with van der Waals surface area (Å²) in [5.41, 5.74) is 7.71. The monoisotopic (exact) mass is 221 g/mol. The average Bonchev–Trinajstić information content (AvgIpc) is 2.27. The summed E-state index contributed by atoms with van der Waals surface area (Å²) < 4.78 is 4.70. The predicted molar refractivity (Wildman–Crippen MR) is 64.2 cm³/mol. The van der Waals surface area contributed by atoms with Gasteiger partial charge >= 0.3 is 5.97 Å². The second kappa shape index (κ2) is 4.66. The molecule has 16 heavy (non-hydrogen) atoms. The molecule has 2 N–H and O–H groups in total. The molecule has 0 amide bonds. The summed E-state index contributed by atoms with van der Waals surface area (Å²) >= 11 is 0. The Hall–Kier alpha value is -1.35. The van der Waals surface area contributed by atoms with Crippen LogP contribution in [0.4, 0.5) is 0 Å². The number of benzene rings is 1. The van der Waals surface area contributed by atoms with Crippen molar-refractivity contribution >= 4 is 5.97 Å². The van der Waals surface area contributed by atoms with Gasteiger partial charge in [-0.2, -0.15) is 0 Å². The minimum Gasteiger partial charge on any atom is -0.468 e. The first-order chi connectivity index (χ1) is 7.41. The SMILES string of the molecule is COC(=O)C(N)C(C)(C)c1ccccc1C. The van der Waals surface area contributed by atoms with E-state index in [1.54, 1.807) is 0 Å². The normalized spacial score (nSPS) is 13.3. The summed E-state index contributed by atoms with van der Waals surface area (Å²) in [5.74, 6) is -0.381. The van der Waals surface area contributed by atoms with Gasteiger partial charge in [-0.15, -0.1) is 0 Å². The number of hydrogen-bond acceptors (Lipinski definition) is 3. The van der Waals surface area contributed by atoms with Crippen LogP contribution in [0.3, 0.4) is 0 Å². The Labute approximate surface area is 96.6 Å². The van der Waals surface area contributed by atoms with Crippen molar-refractivity contribution in [2.24, 2.45) is 5.73 Å². The fourth-order valence-corrected chi connectivity index (χ4v) is 1.88. The Kier molecular flexibility index (Phi) is 3.70. The molecule has 0 heterocycles. The number of rotatable bonds is 3. The zero-order valence-electron chi connectivity index (χ0n) is 10.3. The maximum atomic E-state index is 11.5. The lowest BCUT2D eigenvalue weighted by molar-refractivity contribution is -0.143. The second-order valence-corrected chi connectivity index (χ2v) is 4.54. The molecule has 0 aliphatic rings. The first-order valence-corrected chi connectivity index (χ1v) is 5.30. The molecular weight excluding hydrogens is 202 g/mol. The van der Waals surface area contributed by atoms with Crippen molar-refractivity contribution in [1.29, 1.82) is 0 Å². The molecule has 1 rings (SSSR count). The third kappa shape index (κ3) is 2.25. The Balaban J connectivity index is 3.11. The van der Waals surface area contributed by atoms with Gasteiger partial charge in [0.1, 0.15) is 6.04 Å². The van der Waals surface area contributed by atoms with Crippen LogP contribution >= 0.6 is 0 Å². The molecule has 3 nitrogen and oxygen atoms in total. The molecule has 0 aliphatic carbocycles. The Morgan fingerprint density at radius 1 is 1.38 bits per heavy atom. The van der Waals surface area contributed by atoms with Gasteiger partial charge in [-0.3, -0.25) is 4.79 Å². The lowest BCUT2D eigenvalue weighted by atomic mass is 9.76. The zero-order chi connectivity index (χ0) is 12.3. The molecule has 0 saturated heterocycles. The van der Waals surface area contributed by atoms with Crippen LogP contribution in [0.15, 0.2) is 24.3 Å². The van der Waals surface area contributed by atoms with Gasteiger partial charge in [0.15, 0.2) is 0 Å². The predicted octanol–water partition coefficient (Wildman–Crippen LogP) is 1.77. The number of ether oxygens (including phenoxy) is 1. The third-order valence-corrected chi connectivity index (χ3v) is 3.07. The van der Waals surface area contributed by atoms with Gasteiger partial charge < -0.3 is 10.5 Å². The van der Waals surface area contributed by atoms with Crippen LogP contribution in [-0.2, 0) is 14.9 Å². The quantitative estimate of drug-likeness (QED) is 0.791. The van der Waals surface area contributed by atoms with Gasteiger partial charge in [0.05, 0.1) is 7.11 Å². The number of hydrogen-bond donors (Lipinski definition) is 1. The highest BCUT2D eigenvalue weighted by molar-refractivity contribution is 5.77. The molecule has 0 fully saturated rings. The molecule has 3 heteroatoms. The number of nitrogens with two attached hydrogens (primary N) is 1. The molecule has 0 aliphatic heterocycles. The van der Waals surface area contributed by atoms with Crippen molar-refractivity contribution in [2.75, 3.05) is 7.11 Å². The fourth-order valence-electron chi connectivity index (χ4n) is 1.88. The summed E-state index contributed by atoms with van der Waals surface area (Å²) in [6.07, 6.45) is 0. The summed E-state index contributed by atoms with van der Waals surface area (Å²) in [4.78, 5) is 11.5. The van der Waals surface area contributed by atoms with Crippen molar-refractivity contribution in [3.8, 4) is 0 Å².